The fraction of sp³-hybridized carbons (Fsp3) is 0.250. The summed E-state index contributed by atoms with van der Waals surface area (Å²) >= 11 is 0. The molecule has 2 aromatic rings. The van der Waals surface area contributed by atoms with Crippen LogP contribution in [0.1, 0.15) is 29.2 Å². The first-order chi connectivity index (χ1) is 9.65. The van der Waals surface area contributed by atoms with Crippen molar-refractivity contribution >= 4 is 0 Å². The van der Waals surface area contributed by atoms with E-state index in [4.69, 9.17) is 10.5 Å². The first-order valence-electron chi connectivity index (χ1n) is 6.59. The Labute approximate surface area is 116 Å². The number of hydrogen-bond acceptors (Lipinski definition) is 2. The van der Waals surface area contributed by atoms with Crippen molar-refractivity contribution in [1.29, 1.82) is 0 Å². The third-order valence-corrected chi connectivity index (χ3v) is 3.68. The third kappa shape index (κ3) is 2.39. The fourth-order valence-electron chi connectivity index (χ4n) is 2.54. The molecule has 0 aromatic heterocycles. The van der Waals surface area contributed by atoms with Crippen molar-refractivity contribution in [2.45, 2.75) is 25.5 Å². The highest BCUT2D eigenvalue weighted by molar-refractivity contribution is 5.40. The standard InChI is InChI=1S/C16H15F2NO/c17-14-2-1-3-15(18)13(14)9-20-11-5-6-12-10(8-11)4-7-16(12)19/h1-3,5-6,8,16H,4,7,9,19H2/t16-/m0/s1. The first kappa shape index (κ1) is 13.1. The van der Waals surface area contributed by atoms with Crippen LogP contribution >= 0.6 is 0 Å². The summed E-state index contributed by atoms with van der Waals surface area (Å²) in [6, 6.07) is 9.50. The summed E-state index contributed by atoms with van der Waals surface area (Å²) in [4.78, 5) is 0. The van der Waals surface area contributed by atoms with Gasteiger partial charge in [0.2, 0.25) is 0 Å². The van der Waals surface area contributed by atoms with Crippen LogP contribution < -0.4 is 10.5 Å². The van der Waals surface area contributed by atoms with Crippen LogP contribution in [-0.4, -0.2) is 0 Å². The Balaban J connectivity index is 1.76. The van der Waals surface area contributed by atoms with Gasteiger partial charge in [0.05, 0.1) is 5.56 Å². The molecule has 0 radical (unpaired) electrons. The van der Waals surface area contributed by atoms with E-state index in [0.717, 1.165) is 24.0 Å². The van der Waals surface area contributed by atoms with E-state index in [0.29, 0.717) is 5.75 Å². The van der Waals surface area contributed by atoms with E-state index < -0.39 is 11.6 Å². The Bertz CT molecular complexity index is 622. The number of ether oxygens (including phenoxy) is 1. The Morgan fingerprint density at radius 3 is 2.65 bits per heavy atom. The van der Waals surface area contributed by atoms with Crippen LogP contribution in [0.2, 0.25) is 0 Å². The van der Waals surface area contributed by atoms with Gasteiger partial charge in [0, 0.05) is 6.04 Å². The van der Waals surface area contributed by atoms with Crippen LogP contribution in [0.25, 0.3) is 0 Å². The monoisotopic (exact) mass is 275 g/mol. The largest absolute Gasteiger partial charge is 0.489 e. The van der Waals surface area contributed by atoms with E-state index in [-0.39, 0.29) is 18.2 Å². The van der Waals surface area contributed by atoms with Gasteiger partial charge in [0.25, 0.3) is 0 Å². The molecule has 0 heterocycles. The number of halogens is 2. The van der Waals surface area contributed by atoms with Gasteiger partial charge < -0.3 is 10.5 Å². The van der Waals surface area contributed by atoms with Crippen LogP contribution in [0, 0.1) is 11.6 Å². The van der Waals surface area contributed by atoms with Crippen molar-refractivity contribution in [1.82, 2.24) is 0 Å². The van der Waals surface area contributed by atoms with Gasteiger partial charge in [-0.1, -0.05) is 12.1 Å². The van der Waals surface area contributed by atoms with Crippen molar-refractivity contribution in [3.8, 4) is 5.75 Å². The minimum Gasteiger partial charge on any atom is -0.489 e. The summed E-state index contributed by atoms with van der Waals surface area (Å²) in [5.74, 6) is -0.568. The molecular weight excluding hydrogens is 260 g/mol. The zero-order valence-electron chi connectivity index (χ0n) is 10.9. The van der Waals surface area contributed by atoms with Gasteiger partial charge >= 0.3 is 0 Å². The molecule has 2 aromatic carbocycles. The third-order valence-electron chi connectivity index (χ3n) is 3.68. The van der Waals surface area contributed by atoms with Gasteiger partial charge in [-0.15, -0.1) is 0 Å². The average molecular weight is 275 g/mol. The molecule has 1 atom stereocenters. The normalized spacial score (nSPS) is 17.1. The van der Waals surface area contributed by atoms with Crippen molar-refractivity contribution < 1.29 is 13.5 Å². The van der Waals surface area contributed by atoms with Crippen molar-refractivity contribution in [2.24, 2.45) is 5.73 Å². The predicted octanol–water partition coefficient (Wildman–Crippen LogP) is 3.49. The van der Waals surface area contributed by atoms with Gasteiger partial charge in [-0.3, -0.25) is 0 Å². The van der Waals surface area contributed by atoms with Crippen LogP contribution in [-0.2, 0) is 13.0 Å². The lowest BCUT2D eigenvalue weighted by Crippen LogP contribution is -2.05. The highest BCUT2D eigenvalue weighted by atomic mass is 19.1. The van der Waals surface area contributed by atoms with E-state index in [1.807, 2.05) is 12.1 Å². The molecule has 4 heteroatoms. The SMILES string of the molecule is N[C@H]1CCc2cc(OCc3c(F)cccc3F)ccc21. The Morgan fingerprint density at radius 2 is 1.90 bits per heavy atom. The number of benzene rings is 2. The molecule has 0 amide bonds. The molecular formula is C16H15F2NO. The molecule has 0 aliphatic heterocycles. The van der Waals surface area contributed by atoms with Crippen LogP contribution in [0.3, 0.4) is 0 Å². The van der Waals surface area contributed by atoms with Gasteiger partial charge in [0.1, 0.15) is 24.0 Å². The number of fused-ring (bicyclic) bond motifs is 1. The summed E-state index contributed by atoms with van der Waals surface area (Å²) < 4.78 is 32.5. The molecule has 0 bridgehead atoms. The molecule has 2 nitrogen and oxygen atoms in total. The van der Waals surface area contributed by atoms with Crippen molar-refractivity contribution in [3.63, 3.8) is 0 Å². The topological polar surface area (TPSA) is 35.2 Å². The second kappa shape index (κ2) is 5.21. The van der Waals surface area contributed by atoms with Crippen molar-refractivity contribution in [2.75, 3.05) is 0 Å². The van der Waals surface area contributed by atoms with Gasteiger partial charge in [-0.25, -0.2) is 8.78 Å². The first-order valence-corrected chi connectivity index (χ1v) is 6.59. The van der Waals surface area contributed by atoms with Gasteiger partial charge in [-0.05, 0) is 48.2 Å². The molecule has 2 N–H and O–H groups in total. The average Bonchev–Trinajstić information content (AvgIpc) is 2.79. The molecule has 20 heavy (non-hydrogen) atoms. The predicted molar refractivity (Wildman–Crippen MR) is 72.4 cm³/mol. The van der Waals surface area contributed by atoms with Crippen LogP contribution in [0.5, 0.6) is 5.75 Å². The Hall–Kier alpha value is -1.94. The molecule has 0 saturated heterocycles. The van der Waals surface area contributed by atoms with E-state index in [9.17, 15) is 8.78 Å². The molecule has 1 aliphatic carbocycles. The summed E-state index contributed by atoms with van der Waals surface area (Å²) in [5, 5.41) is 0. The zero-order chi connectivity index (χ0) is 14.1. The summed E-state index contributed by atoms with van der Waals surface area (Å²) in [6.07, 6.45) is 1.85. The smallest absolute Gasteiger partial charge is 0.132 e. The number of hydrogen-bond donors (Lipinski definition) is 1. The van der Waals surface area contributed by atoms with Gasteiger partial charge in [0.15, 0.2) is 0 Å². The molecule has 0 fully saturated rings. The van der Waals surface area contributed by atoms with E-state index in [1.165, 1.54) is 18.2 Å². The van der Waals surface area contributed by atoms with E-state index in [1.54, 1.807) is 6.07 Å². The Morgan fingerprint density at radius 1 is 1.15 bits per heavy atom. The second-order valence-electron chi connectivity index (χ2n) is 4.99. The highest BCUT2D eigenvalue weighted by Gasteiger charge is 2.19. The zero-order valence-corrected chi connectivity index (χ0v) is 10.9. The maximum absolute atomic E-state index is 13.5. The lowest BCUT2D eigenvalue weighted by atomic mass is 10.1. The van der Waals surface area contributed by atoms with Crippen LogP contribution in [0.4, 0.5) is 8.78 Å². The van der Waals surface area contributed by atoms with E-state index >= 15 is 0 Å². The number of nitrogens with two attached hydrogens (primary N) is 1. The lowest BCUT2D eigenvalue weighted by Gasteiger charge is -2.10. The molecule has 0 saturated carbocycles. The molecule has 104 valence electrons. The quantitative estimate of drug-likeness (QED) is 0.930. The molecule has 0 unspecified atom stereocenters. The molecule has 0 spiro atoms. The molecule has 3 rings (SSSR count). The summed E-state index contributed by atoms with van der Waals surface area (Å²) in [5.41, 5.74) is 8.20. The summed E-state index contributed by atoms with van der Waals surface area (Å²) in [6.45, 7) is -0.122. The number of rotatable bonds is 3. The molecule has 1 aliphatic rings. The second-order valence-corrected chi connectivity index (χ2v) is 4.99. The minimum atomic E-state index is -0.590. The number of aryl methyl sites for hydroxylation is 1. The highest BCUT2D eigenvalue weighted by Crippen LogP contribution is 2.32. The van der Waals surface area contributed by atoms with Crippen molar-refractivity contribution in [3.05, 3.63) is 64.7 Å². The minimum absolute atomic E-state index is 0.0512. The lowest BCUT2D eigenvalue weighted by molar-refractivity contribution is 0.292. The summed E-state index contributed by atoms with van der Waals surface area (Å²) in [7, 11) is 0. The Kier molecular flexibility index (Phi) is 3.40. The van der Waals surface area contributed by atoms with Crippen LogP contribution in [0.15, 0.2) is 36.4 Å². The maximum atomic E-state index is 13.5. The fourth-order valence-corrected chi connectivity index (χ4v) is 2.54. The van der Waals surface area contributed by atoms with E-state index in [2.05, 4.69) is 0 Å². The van der Waals surface area contributed by atoms with Gasteiger partial charge in [-0.2, -0.15) is 0 Å². The maximum Gasteiger partial charge on any atom is 0.132 e.